The second-order valence-electron chi connectivity index (χ2n) is 2.97. The van der Waals surface area contributed by atoms with Gasteiger partial charge in [-0.1, -0.05) is 32.6 Å². The van der Waals surface area contributed by atoms with E-state index in [0.717, 1.165) is 20.0 Å². The van der Waals surface area contributed by atoms with Gasteiger partial charge in [-0.05, 0) is 13.3 Å². The van der Waals surface area contributed by atoms with Crippen LogP contribution >= 0.6 is 0 Å². The van der Waals surface area contributed by atoms with E-state index in [1.54, 1.807) is 0 Å². The summed E-state index contributed by atoms with van der Waals surface area (Å²) in [5.74, 6) is -0.0472. The van der Waals surface area contributed by atoms with E-state index in [4.69, 9.17) is 9.84 Å². The maximum Gasteiger partial charge on any atom is 0.305 e. The summed E-state index contributed by atoms with van der Waals surface area (Å²) < 4.78 is 4.81. The SMILES string of the molecule is CCCCCCCC(=O)OCC.CO. The van der Waals surface area contributed by atoms with Crippen LogP contribution in [-0.4, -0.2) is 24.8 Å². The highest BCUT2D eigenvalue weighted by atomic mass is 16.5. The molecule has 0 heterocycles. The fourth-order valence-corrected chi connectivity index (χ4v) is 1.11. The van der Waals surface area contributed by atoms with E-state index in [9.17, 15) is 4.79 Å². The number of carbonyl (C=O) groups excluding carboxylic acids is 1. The Morgan fingerprint density at radius 1 is 1.07 bits per heavy atom. The van der Waals surface area contributed by atoms with Crippen LogP contribution in [-0.2, 0) is 9.53 Å². The standard InChI is InChI=1S/C10H20O2.CH4O/c1-3-5-6-7-8-9-10(11)12-4-2;1-2/h3-9H2,1-2H3;2H,1H3. The molecule has 0 aromatic carbocycles. The van der Waals surface area contributed by atoms with Crippen LogP contribution < -0.4 is 0 Å². The zero-order chi connectivity index (χ0) is 11.2. The molecule has 0 aliphatic carbocycles. The summed E-state index contributed by atoms with van der Waals surface area (Å²) in [7, 11) is 1.00. The van der Waals surface area contributed by atoms with Crippen LogP contribution in [0.25, 0.3) is 0 Å². The van der Waals surface area contributed by atoms with Gasteiger partial charge in [-0.3, -0.25) is 4.79 Å². The summed E-state index contributed by atoms with van der Waals surface area (Å²) in [5, 5.41) is 7.00. The van der Waals surface area contributed by atoms with Crippen molar-refractivity contribution in [2.24, 2.45) is 0 Å². The molecule has 0 unspecified atom stereocenters. The van der Waals surface area contributed by atoms with Gasteiger partial charge in [-0.25, -0.2) is 0 Å². The summed E-state index contributed by atoms with van der Waals surface area (Å²) in [6, 6.07) is 0. The van der Waals surface area contributed by atoms with Gasteiger partial charge in [0.05, 0.1) is 6.61 Å². The van der Waals surface area contributed by atoms with Crippen molar-refractivity contribution >= 4 is 5.97 Å². The molecular formula is C11H24O3. The Balaban J connectivity index is 0. The Morgan fingerprint density at radius 2 is 1.64 bits per heavy atom. The van der Waals surface area contributed by atoms with Crippen molar-refractivity contribution in [1.82, 2.24) is 0 Å². The van der Waals surface area contributed by atoms with Crippen molar-refractivity contribution in [3.8, 4) is 0 Å². The molecule has 0 atom stereocenters. The lowest BCUT2D eigenvalue weighted by atomic mass is 10.1. The van der Waals surface area contributed by atoms with Crippen molar-refractivity contribution in [3.05, 3.63) is 0 Å². The Hall–Kier alpha value is -0.570. The topological polar surface area (TPSA) is 46.5 Å². The van der Waals surface area contributed by atoms with Crippen LogP contribution in [0, 0.1) is 0 Å². The second kappa shape index (κ2) is 14.9. The molecule has 14 heavy (non-hydrogen) atoms. The smallest absolute Gasteiger partial charge is 0.305 e. The number of hydrogen-bond donors (Lipinski definition) is 1. The number of rotatable bonds is 7. The zero-order valence-corrected chi connectivity index (χ0v) is 9.71. The predicted octanol–water partition coefficient (Wildman–Crippen LogP) is 2.52. The lowest BCUT2D eigenvalue weighted by Crippen LogP contribution is -2.02. The first-order valence-electron chi connectivity index (χ1n) is 5.41. The zero-order valence-electron chi connectivity index (χ0n) is 9.71. The van der Waals surface area contributed by atoms with Crippen molar-refractivity contribution in [2.45, 2.75) is 52.4 Å². The molecule has 0 aromatic rings. The third-order valence-electron chi connectivity index (χ3n) is 1.79. The Labute approximate surface area is 87.5 Å². The first-order chi connectivity index (χ1) is 6.81. The number of aliphatic hydroxyl groups excluding tert-OH is 1. The van der Waals surface area contributed by atoms with E-state index in [1.807, 2.05) is 6.92 Å². The maximum absolute atomic E-state index is 10.9. The van der Waals surface area contributed by atoms with Crippen LogP contribution in [0.5, 0.6) is 0 Å². The molecular weight excluding hydrogens is 180 g/mol. The summed E-state index contributed by atoms with van der Waals surface area (Å²) in [6.07, 6.45) is 6.52. The first kappa shape index (κ1) is 15.9. The molecule has 0 amide bonds. The van der Waals surface area contributed by atoms with E-state index in [1.165, 1.54) is 19.3 Å². The molecule has 0 bridgehead atoms. The quantitative estimate of drug-likeness (QED) is 0.512. The number of unbranched alkanes of at least 4 members (excludes halogenated alkanes) is 4. The molecule has 1 N–H and O–H groups in total. The highest BCUT2D eigenvalue weighted by molar-refractivity contribution is 5.69. The summed E-state index contributed by atoms with van der Waals surface area (Å²) in [5.41, 5.74) is 0. The molecule has 0 saturated heterocycles. The molecule has 3 heteroatoms. The number of hydrogen-bond acceptors (Lipinski definition) is 3. The lowest BCUT2D eigenvalue weighted by molar-refractivity contribution is -0.143. The Morgan fingerprint density at radius 3 is 2.14 bits per heavy atom. The molecule has 0 aromatic heterocycles. The molecule has 0 spiro atoms. The largest absolute Gasteiger partial charge is 0.466 e. The molecule has 0 aliphatic heterocycles. The third kappa shape index (κ3) is 14.0. The number of ether oxygens (including phenoxy) is 1. The van der Waals surface area contributed by atoms with Crippen molar-refractivity contribution in [2.75, 3.05) is 13.7 Å². The van der Waals surface area contributed by atoms with Gasteiger partial charge in [-0.15, -0.1) is 0 Å². The summed E-state index contributed by atoms with van der Waals surface area (Å²) in [6.45, 7) is 4.54. The van der Waals surface area contributed by atoms with Crippen LogP contribution in [0.1, 0.15) is 52.4 Å². The van der Waals surface area contributed by atoms with E-state index in [0.29, 0.717) is 13.0 Å². The van der Waals surface area contributed by atoms with Crippen LogP contribution in [0.15, 0.2) is 0 Å². The highest BCUT2D eigenvalue weighted by Crippen LogP contribution is 2.05. The number of carbonyl (C=O) groups is 1. The minimum atomic E-state index is -0.0472. The van der Waals surface area contributed by atoms with E-state index >= 15 is 0 Å². The van der Waals surface area contributed by atoms with Gasteiger partial charge in [0.15, 0.2) is 0 Å². The average molecular weight is 204 g/mol. The van der Waals surface area contributed by atoms with E-state index < -0.39 is 0 Å². The van der Waals surface area contributed by atoms with Gasteiger partial charge < -0.3 is 9.84 Å². The molecule has 0 fully saturated rings. The molecule has 0 rings (SSSR count). The van der Waals surface area contributed by atoms with Crippen molar-refractivity contribution < 1.29 is 14.6 Å². The minimum absolute atomic E-state index is 0.0472. The molecule has 0 aliphatic rings. The van der Waals surface area contributed by atoms with Gasteiger partial charge in [0, 0.05) is 13.5 Å². The fourth-order valence-electron chi connectivity index (χ4n) is 1.11. The van der Waals surface area contributed by atoms with Crippen molar-refractivity contribution in [3.63, 3.8) is 0 Å². The lowest BCUT2D eigenvalue weighted by Gasteiger charge is -2.00. The van der Waals surface area contributed by atoms with Crippen LogP contribution in [0.3, 0.4) is 0 Å². The van der Waals surface area contributed by atoms with E-state index in [-0.39, 0.29) is 5.97 Å². The van der Waals surface area contributed by atoms with E-state index in [2.05, 4.69) is 6.92 Å². The van der Waals surface area contributed by atoms with Gasteiger partial charge in [0.2, 0.25) is 0 Å². The summed E-state index contributed by atoms with van der Waals surface area (Å²) in [4.78, 5) is 10.9. The highest BCUT2D eigenvalue weighted by Gasteiger charge is 1.99. The first-order valence-corrected chi connectivity index (χ1v) is 5.41. The summed E-state index contributed by atoms with van der Waals surface area (Å²) >= 11 is 0. The molecule has 0 saturated carbocycles. The van der Waals surface area contributed by atoms with Gasteiger partial charge in [0.25, 0.3) is 0 Å². The predicted molar refractivity (Wildman–Crippen MR) is 58.2 cm³/mol. The normalized spacial score (nSPS) is 8.86. The minimum Gasteiger partial charge on any atom is -0.466 e. The monoisotopic (exact) mass is 204 g/mol. The van der Waals surface area contributed by atoms with Gasteiger partial charge >= 0.3 is 5.97 Å². The fraction of sp³-hybridized carbons (Fsp3) is 0.909. The second-order valence-corrected chi connectivity index (χ2v) is 2.97. The average Bonchev–Trinajstić information content (AvgIpc) is 2.21. The maximum atomic E-state index is 10.9. The molecule has 3 nitrogen and oxygen atoms in total. The Kier molecular flexibility index (Phi) is 16.9. The molecule has 86 valence electrons. The Bertz CT molecular complexity index is 113. The van der Waals surface area contributed by atoms with Gasteiger partial charge in [-0.2, -0.15) is 0 Å². The number of esters is 1. The van der Waals surface area contributed by atoms with Crippen LogP contribution in [0.2, 0.25) is 0 Å². The number of aliphatic hydroxyl groups is 1. The van der Waals surface area contributed by atoms with Crippen LogP contribution in [0.4, 0.5) is 0 Å². The third-order valence-corrected chi connectivity index (χ3v) is 1.79. The molecule has 0 radical (unpaired) electrons. The van der Waals surface area contributed by atoms with Gasteiger partial charge in [0.1, 0.15) is 0 Å². The van der Waals surface area contributed by atoms with Crippen molar-refractivity contribution in [1.29, 1.82) is 0 Å².